The van der Waals surface area contributed by atoms with E-state index in [-0.39, 0.29) is 47.9 Å². The van der Waals surface area contributed by atoms with Crippen molar-refractivity contribution in [2.24, 2.45) is 11.7 Å². The Hall–Kier alpha value is -3.46. The van der Waals surface area contributed by atoms with Crippen LogP contribution in [0.4, 0.5) is 4.39 Å². The van der Waals surface area contributed by atoms with Gasteiger partial charge in [0, 0.05) is 23.5 Å². The standard InChI is InChI=1S/C30H35ClFN5O3/c31-24-8-4-7-21(28(24)32)16-34-26(38)17-36(22-12-13-22)27(39)18-37-25-14-11-20(10-9-19-5-2-1-3-6-19)15-23(25)29(35-37)30(33)40/h4,7-8,11,14-15,19,22H,1-3,5-6,9-10,12-13,16-18H2,(H2,33,40)(H,34,38). The van der Waals surface area contributed by atoms with Crippen molar-refractivity contribution in [3.63, 3.8) is 0 Å². The van der Waals surface area contributed by atoms with Crippen LogP contribution < -0.4 is 11.1 Å². The van der Waals surface area contributed by atoms with Crippen LogP contribution in [-0.2, 0) is 29.1 Å². The maximum atomic E-state index is 14.2. The Morgan fingerprint density at radius 3 is 2.60 bits per heavy atom. The number of hydrogen-bond donors (Lipinski definition) is 2. The Morgan fingerprint density at radius 1 is 1.10 bits per heavy atom. The number of rotatable bonds is 11. The zero-order valence-electron chi connectivity index (χ0n) is 22.5. The summed E-state index contributed by atoms with van der Waals surface area (Å²) < 4.78 is 15.7. The van der Waals surface area contributed by atoms with Gasteiger partial charge in [0.1, 0.15) is 12.4 Å². The maximum Gasteiger partial charge on any atom is 0.269 e. The number of aromatic nitrogens is 2. The van der Waals surface area contributed by atoms with Gasteiger partial charge in [-0.3, -0.25) is 19.1 Å². The third-order valence-electron chi connectivity index (χ3n) is 8.03. The average Bonchev–Trinajstić information content (AvgIpc) is 3.73. The van der Waals surface area contributed by atoms with E-state index in [9.17, 15) is 18.8 Å². The van der Waals surface area contributed by atoms with Crippen molar-refractivity contribution in [3.8, 4) is 0 Å². The molecule has 2 fully saturated rings. The highest BCUT2D eigenvalue weighted by atomic mass is 35.5. The number of nitrogens with zero attached hydrogens (tertiary/aromatic N) is 3. The SMILES string of the molecule is NC(=O)c1nn(CC(=O)N(CC(=O)NCc2cccc(Cl)c2F)C2CC2)c2ccc(CCC3CCCCC3)cc12. The lowest BCUT2D eigenvalue weighted by Gasteiger charge is -2.22. The number of carbonyl (C=O) groups excluding carboxylic acids is 3. The van der Waals surface area contributed by atoms with Crippen LogP contribution in [0.2, 0.25) is 5.02 Å². The van der Waals surface area contributed by atoms with Crippen LogP contribution in [0.5, 0.6) is 0 Å². The van der Waals surface area contributed by atoms with Crippen LogP contribution in [0, 0.1) is 11.7 Å². The van der Waals surface area contributed by atoms with E-state index in [1.807, 2.05) is 18.2 Å². The molecule has 2 aromatic carbocycles. The Labute approximate surface area is 238 Å². The van der Waals surface area contributed by atoms with Crippen molar-refractivity contribution >= 4 is 40.2 Å². The summed E-state index contributed by atoms with van der Waals surface area (Å²) in [4.78, 5) is 39.8. The van der Waals surface area contributed by atoms with Crippen LogP contribution in [0.15, 0.2) is 36.4 Å². The fourth-order valence-electron chi connectivity index (χ4n) is 5.65. The van der Waals surface area contributed by atoms with Gasteiger partial charge in [-0.05, 0) is 55.4 Å². The normalized spacial score (nSPS) is 15.8. The first-order valence-electron chi connectivity index (χ1n) is 14.1. The summed E-state index contributed by atoms with van der Waals surface area (Å²) in [5.74, 6) is -1.16. The Morgan fingerprint density at radius 2 is 1.88 bits per heavy atom. The lowest BCUT2D eigenvalue weighted by atomic mass is 9.85. The molecule has 8 nitrogen and oxygen atoms in total. The number of hydrogen-bond acceptors (Lipinski definition) is 4. The van der Waals surface area contributed by atoms with Gasteiger partial charge in [-0.15, -0.1) is 0 Å². The topological polar surface area (TPSA) is 110 Å². The third kappa shape index (κ3) is 6.63. The van der Waals surface area contributed by atoms with Gasteiger partial charge in [0.25, 0.3) is 5.91 Å². The molecule has 2 aliphatic carbocycles. The first-order valence-corrected chi connectivity index (χ1v) is 14.5. The smallest absolute Gasteiger partial charge is 0.269 e. The highest BCUT2D eigenvalue weighted by Gasteiger charge is 2.34. The van der Waals surface area contributed by atoms with E-state index in [0.717, 1.165) is 37.2 Å². The molecular weight excluding hydrogens is 533 g/mol. The van der Waals surface area contributed by atoms with Crippen LogP contribution in [0.3, 0.4) is 0 Å². The fourth-order valence-corrected chi connectivity index (χ4v) is 5.84. The van der Waals surface area contributed by atoms with Crippen molar-refractivity contribution in [2.45, 2.75) is 76.9 Å². The molecule has 0 saturated heterocycles. The molecule has 0 radical (unpaired) electrons. The minimum absolute atomic E-state index is 0.0142. The second-order valence-electron chi connectivity index (χ2n) is 11.0. The molecule has 0 bridgehead atoms. The van der Waals surface area contributed by atoms with E-state index < -0.39 is 17.6 Å². The van der Waals surface area contributed by atoms with Gasteiger partial charge in [0.15, 0.2) is 5.69 Å². The third-order valence-corrected chi connectivity index (χ3v) is 8.32. The molecule has 3 aromatic rings. The summed E-state index contributed by atoms with van der Waals surface area (Å²) in [6.07, 6.45) is 10.1. The van der Waals surface area contributed by atoms with Gasteiger partial charge in [0.05, 0.1) is 17.1 Å². The monoisotopic (exact) mass is 567 g/mol. The zero-order valence-corrected chi connectivity index (χ0v) is 23.3. The number of amides is 3. The van der Waals surface area contributed by atoms with E-state index in [0.29, 0.717) is 10.9 Å². The van der Waals surface area contributed by atoms with E-state index in [4.69, 9.17) is 17.3 Å². The van der Waals surface area contributed by atoms with Crippen molar-refractivity contribution in [1.29, 1.82) is 0 Å². The summed E-state index contributed by atoms with van der Waals surface area (Å²) in [6.45, 7) is -0.316. The number of primary amides is 1. The molecule has 5 rings (SSSR count). The average molecular weight is 568 g/mol. The lowest BCUT2D eigenvalue weighted by molar-refractivity contribution is -0.137. The predicted molar refractivity (Wildman–Crippen MR) is 151 cm³/mol. The lowest BCUT2D eigenvalue weighted by Crippen LogP contribution is -2.43. The number of halogens is 2. The van der Waals surface area contributed by atoms with Gasteiger partial charge < -0.3 is 16.0 Å². The zero-order chi connectivity index (χ0) is 28.2. The summed E-state index contributed by atoms with van der Waals surface area (Å²) in [7, 11) is 0. The summed E-state index contributed by atoms with van der Waals surface area (Å²) in [5.41, 5.74) is 7.84. The molecule has 2 saturated carbocycles. The number of nitrogens with one attached hydrogen (secondary N) is 1. The second-order valence-corrected chi connectivity index (χ2v) is 11.4. The quantitative estimate of drug-likeness (QED) is 0.348. The molecule has 0 atom stereocenters. The highest BCUT2D eigenvalue weighted by molar-refractivity contribution is 6.30. The van der Waals surface area contributed by atoms with Gasteiger partial charge >= 0.3 is 0 Å². The highest BCUT2D eigenvalue weighted by Crippen LogP contribution is 2.30. The number of carbonyl (C=O) groups is 3. The van der Waals surface area contributed by atoms with Gasteiger partial charge in [-0.2, -0.15) is 5.10 Å². The minimum Gasteiger partial charge on any atom is -0.364 e. The Balaban J connectivity index is 1.26. The number of aryl methyl sites for hydroxylation is 1. The van der Waals surface area contributed by atoms with Gasteiger partial charge in [0.2, 0.25) is 11.8 Å². The molecule has 2 aliphatic rings. The summed E-state index contributed by atoms with van der Waals surface area (Å²) in [6, 6.07) is 10.5. The molecule has 1 heterocycles. The molecule has 1 aromatic heterocycles. The first kappa shape index (κ1) is 28.1. The van der Waals surface area contributed by atoms with Crippen LogP contribution >= 0.6 is 11.6 Å². The van der Waals surface area contributed by atoms with Crippen LogP contribution in [0.25, 0.3) is 10.9 Å². The van der Waals surface area contributed by atoms with Crippen LogP contribution in [-0.4, -0.2) is 45.0 Å². The number of nitrogens with two attached hydrogens (primary N) is 1. The molecule has 40 heavy (non-hydrogen) atoms. The molecule has 212 valence electrons. The van der Waals surface area contributed by atoms with Gasteiger partial charge in [-0.25, -0.2) is 4.39 Å². The van der Waals surface area contributed by atoms with E-state index in [1.165, 1.54) is 47.8 Å². The largest absolute Gasteiger partial charge is 0.364 e. The van der Waals surface area contributed by atoms with E-state index in [1.54, 1.807) is 12.1 Å². The number of benzene rings is 2. The molecule has 10 heteroatoms. The maximum absolute atomic E-state index is 14.2. The summed E-state index contributed by atoms with van der Waals surface area (Å²) >= 11 is 5.82. The Bertz CT molecular complexity index is 1410. The summed E-state index contributed by atoms with van der Waals surface area (Å²) in [5, 5.41) is 7.69. The minimum atomic E-state index is -0.646. The van der Waals surface area contributed by atoms with Crippen molar-refractivity contribution in [2.75, 3.05) is 6.54 Å². The first-order chi connectivity index (χ1) is 19.3. The van der Waals surface area contributed by atoms with Crippen molar-refractivity contribution in [3.05, 3.63) is 64.1 Å². The van der Waals surface area contributed by atoms with Gasteiger partial charge in [-0.1, -0.05) is 61.9 Å². The molecule has 3 amide bonds. The Kier molecular flexibility index (Phi) is 8.69. The van der Waals surface area contributed by atoms with Crippen molar-refractivity contribution in [1.82, 2.24) is 20.0 Å². The predicted octanol–water partition coefficient (Wildman–Crippen LogP) is 4.75. The van der Waals surface area contributed by atoms with Crippen molar-refractivity contribution < 1.29 is 18.8 Å². The van der Waals surface area contributed by atoms with E-state index in [2.05, 4.69) is 10.4 Å². The molecule has 0 aliphatic heterocycles. The fraction of sp³-hybridized carbons (Fsp3) is 0.467. The molecule has 0 spiro atoms. The van der Waals surface area contributed by atoms with E-state index >= 15 is 0 Å². The van der Waals surface area contributed by atoms with Crippen LogP contribution in [0.1, 0.15) is 73.0 Å². The molecule has 3 N–H and O–H groups in total. The number of fused-ring (bicyclic) bond motifs is 1. The molecule has 0 unspecified atom stereocenters. The molecular formula is C30H35ClFN5O3. The second kappa shape index (κ2) is 12.4.